The molecule has 2 atom stereocenters. The van der Waals surface area contributed by atoms with Gasteiger partial charge in [0.1, 0.15) is 0 Å². The number of carbonyl (C=O) groups excluding carboxylic acids is 1. The molecule has 0 aliphatic carbocycles. The Kier molecular flexibility index (Phi) is 4.19. The van der Waals surface area contributed by atoms with Crippen molar-refractivity contribution in [3.63, 3.8) is 0 Å². The molecule has 1 rings (SSSR count). The molecule has 3 nitrogen and oxygen atoms in total. The number of amides is 1. The minimum absolute atomic E-state index is 0.170. The lowest BCUT2D eigenvalue weighted by molar-refractivity contribution is -0.270. The average molecular weight is 274 g/mol. The summed E-state index contributed by atoms with van der Waals surface area (Å²) in [5.74, 6) is -7.77. The molecular formula is C10H15F5N2O. The predicted molar refractivity (Wildman–Crippen MR) is 54.2 cm³/mol. The van der Waals surface area contributed by atoms with Crippen LogP contribution in [0.5, 0.6) is 0 Å². The van der Waals surface area contributed by atoms with Crippen LogP contribution in [0.25, 0.3) is 0 Å². The third-order valence-corrected chi connectivity index (χ3v) is 3.07. The van der Waals surface area contributed by atoms with Gasteiger partial charge in [-0.05, 0) is 25.9 Å². The number of carbonyl (C=O) groups is 1. The topological polar surface area (TPSA) is 32.3 Å². The lowest BCUT2D eigenvalue weighted by Crippen LogP contribution is -2.56. The van der Waals surface area contributed by atoms with Crippen LogP contribution in [0.15, 0.2) is 0 Å². The Bertz CT molecular complexity index is 318. The van der Waals surface area contributed by atoms with Gasteiger partial charge in [0.15, 0.2) is 0 Å². The maximum absolute atomic E-state index is 12.7. The maximum atomic E-state index is 12.7. The molecule has 18 heavy (non-hydrogen) atoms. The molecule has 106 valence electrons. The van der Waals surface area contributed by atoms with Crippen molar-refractivity contribution >= 4 is 5.91 Å². The van der Waals surface area contributed by atoms with Crippen LogP contribution < -0.4 is 5.32 Å². The number of hydrogen-bond donors (Lipinski definition) is 1. The number of piperidine rings is 1. The first-order chi connectivity index (χ1) is 8.05. The first-order valence-electron chi connectivity index (χ1n) is 5.49. The van der Waals surface area contributed by atoms with Crippen LogP contribution in [0.2, 0.25) is 0 Å². The van der Waals surface area contributed by atoms with Gasteiger partial charge in [-0.1, -0.05) is 6.92 Å². The first kappa shape index (κ1) is 15.1. The summed E-state index contributed by atoms with van der Waals surface area (Å²) in [5.41, 5.74) is 0. The molecule has 1 heterocycles. The molecule has 1 saturated heterocycles. The molecule has 0 bridgehead atoms. The van der Waals surface area contributed by atoms with E-state index in [-0.39, 0.29) is 5.92 Å². The number of hydrogen-bond acceptors (Lipinski definition) is 2. The number of alkyl halides is 5. The highest BCUT2D eigenvalue weighted by molar-refractivity contribution is 5.84. The summed E-state index contributed by atoms with van der Waals surface area (Å²) < 4.78 is 61.4. The highest BCUT2D eigenvalue weighted by Crippen LogP contribution is 2.35. The summed E-state index contributed by atoms with van der Waals surface area (Å²) in [7, 11) is 1.82. The summed E-state index contributed by atoms with van der Waals surface area (Å²) >= 11 is 0. The van der Waals surface area contributed by atoms with Crippen LogP contribution in [0.1, 0.15) is 13.3 Å². The molecule has 1 aliphatic heterocycles. The summed E-state index contributed by atoms with van der Waals surface area (Å²) in [5, 5.41) is 1.80. The van der Waals surface area contributed by atoms with E-state index >= 15 is 0 Å². The number of likely N-dealkylation sites (tertiary alicyclic amines) is 1. The van der Waals surface area contributed by atoms with Crippen molar-refractivity contribution in [2.24, 2.45) is 5.92 Å². The molecule has 0 radical (unpaired) electrons. The van der Waals surface area contributed by atoms with E-state index in [0.29, 0.717) is 19.5 Å². The second-order valence-electron chi connectivity index (χ2n) is 4.68. The van der Waals surface area contributed by atoms with Crippen LogP contribution in [0.4, 0.5) is 22.0 Å². The van der Waals surface area contributed by atoms with Crippen molar-refractivity contribution in [3.8, 4) is 0 Å². The van der Waals surface area contributed by atoms with Gasteiger partial charge in [-0.15, -0.1) is 0 Å². The highest BCUT2D eigenvalue weighted by atomic mass is 19.4. The van der Waals surface area contributed by atoms with Crippen molar-refractivity contribution in [2.45, 2.75) is 31.5 Å². The van der Waals surface area contributed by atoms with Gasteiger partial charge in [0, 0.05) is 12.6 Å². The van der Waals surface area contributed by atoms with E-state index in [2.05, 4.69) is 0 Å². The lowest BCUT2D eigenvalue weighted by Gasteiger charge is -2.35. The number of rotatable bonds is 2. The third-order valence-electron chi connectivity index (χ3n) is 3.07. The summed E-state index contributed by atoms with van der Waals surface area (Å²) in [4.78, 5) is 12.9. The van der Waals surface area contributed by atoms with Gasteiger partial charge in [0.05, 0.1) is 0 Å². The minimum Gasteiger partial charge on any atom is -0.347 e. The van der Waals surface area contributed by atoms with Gasteiger partial charge < -0.3 is 10.2 Å². The quantitative estimate of drug-likeness (QED) is 0.776. The van der Waals surface area contributed by atoms with E-state index in [0.717, 1.165) is 0 Å². The molecule has 0 saturated carbocycles. The first-order valence-corrected chi connectivity index (χ1v) is 5.49. The second kappa shape index (κ2) is 4.99. The zero-order valence-corrected chi connectivity index (χ0v) is 10.0. The maximum Gasteiger partial charge on any atom is 0.463 e. The summed E-state index contributed by atoms with van der Waals surface area (Å²) in [6.45, 7) is 2.79. The summed E-state index contributed by atoms with van der Waals surface area (Å²) in [6.07, 6.45) is -5.50. The zero-order valence-electron chi connectivity index (χ0n) is 10.0. The molecule has 2 unspecified atom stereocenters. The van der Waals surface area contributed by atoms with Gasteiger partial charge >= 0.3 is 18.0 Å². The van der Waals surface area contributed by atoms with E-state index in [1.165, 1.54) is 0 Å². The van der Waals surface area contributed by atoms with Crippen molar-refractivity contribution in [2.75, 3.05) is 20.1 Å². The van der Waals surface area contributed by atoms with Crippen molar-refractivity contribution in [1.29, 1.82) is 0 Å². The number of halogens is 5. The highest BCUT2D eigenvalue weighted by Gasteiger charge is 2.63. The smallest absolute Gasteiger partial charge is 0.347 e. The van der Waals surface area contributed by atoms with Crippen molar-refractivity contribution in [1.82, 2.24) is 10.2 Å². The Morgan fingerprint density at radius 2 is 1.83 bits per heavy atom. The van der Waals surface area contributed by atoms with Gasteiger partial charge in [-0.3, -0.25) is 4.79 Å². The fourth-order valence-electron chi connectivity index (χ4n) is 1.96. The Balaban J connectivity index is 2.65. The van der Waals surface area contributed by atoms with Crippen molar-refractivity contribution in [3.05, 3.63) is 0 Å². The largest absolute Gasteiger partial charge is 0.463 e. The molecular weight excluding hydrogens is 259 g/mol. The van der Waals surface area contributed by atoms with E-state index in [1.807, 2.05) is 11.9 Å². The van der Waals surface area contributed by atoms with Crippen LogP contribution in [0, 0.1) is 5.92 Å². The minimum atomic E-state index is -5.86. The number of nitrogens with one attached hydrogen (secondary N) is 1. The normalized spacial score (nSPS) is 27.1. The Morgan fingerprint density at radius 1 is 1.28 bits per heavy atom. The van der Waals surface area contributed by atoms with Gasteiger partial charge in [0.25, 0.3) is 0 Å². The summed E-state index contributed by atoms with van der Waals surface area (Å²) in [6, 6.07) is -0.651. The van der Waals surface area contributed by atoms with Crippen LogP contribution in [-0.4, -0.2) is 49.1 Å². The monoisotopic (exact) mass is 274 g/mol. The lowest BCUT2D eigenvalue weighted by atomic mass is 9.94. The molecule has 8 heteroatoms. The molecule has 1 fully saturated rings. The SMILES string of the molecule is CC1CN(C)CCC1NC(=O)C(F)(F)C(F)(F)F. The molecule has 1 amide bonds. The van der Waals surface area contributed by atoms with Crippen LogP contribution >= 0.6 is 0 Å². The fraction of sp³-hybridized carbons (Fsp3) is 0.900. The van der Waals surface area contributed by atoms with E-state index < -0.39 is 24.0 Å². The Morgan fingerprint density at radius 3 is 2.28 bits per heavy atom. The molecule has 0 spiro atoms. The standard InChI is InChI=1S/C10H15F5N2O/c1-6-5-17(2)4-3-7(6)16-8(18)9(11,12)10(13,14)15/h6-7H,3-5H2,1-2H3,(H,16,18). The molecule has 1 N–H and O–H groups in total. The number of nitrogens with zero attached hydrogens (tertiary/aromatic N) is 1. The fourth-order valence-corrected chi connectivity index (χ4v) is 1.96. The van der Waals surface area contributed by atoms with Crippen molar-refractivity contribution < 1.29 is 26.7 Å². The second-order valence-corrected chi connectivity index (χ2v) is 4.68. The molecule has 0 aromatic rings. The Hall–Kier alpha value is -0.920. The molecule has 0 aromatic carbocycles. The van der Waals surface area contributed by atoms with Gasteiger partial charge in [-0.2, -0.15) is 22.0 Å². The predicted octanol–water partition coefficient (Wildman–Crippen LogP) is 1.64. The van der Waals surface area contributed by atoms with Gasteiger partial charge in [-0.25, -0.2) is 0 Å². The Labute approximate surface area is 101 Å². The third kappa shape index (κ3) is 3.09. The van der Waals surface area contributed by atoms with E-state index in [4.69, 9.17) is 0 Å². The molecule has 1 aliphatic rings. The van der Waals surface area contributed by atoms with Gasteiger partial charge in [0.2, 0.25) is 0 Å². The van der Waals surface area contributed by atoms with Crippen LogP contribution in [0.3, 0.4) is 0 Å². The van der Waals surface area contributed by atoms with E-state index in [9.17, 15) is 26.7 Å². The zero-order chi connectivity index (χ0) is 14.1. The average Bonchev–Trinajstić information content (AvgIpc) is 2.20. The molecule has 0 aromatic heterocycles. The van der Waals surface area contributed by atoms with Crippen LogP contribution in [-0.2, 0) is 4.79 Å². The van der Waals surface area contributed by atoms with E-state index in [1.54, 1.807) is 12.2 Å².